The average Bonchev–Trinajstić information content (AvgIpc) is 2.16. The third-order valence-corrected chi connectivity index (χ3v) is 2.18. The van der Waals surface area contributed by atoms with Crippen molar-refractivity contribution in [2.75, 3.05) is 0 Å². The SMILES string of the molecule is N/C1=C/C/C=C(/OS(=O)(=O)F)CC=CC1. The van der Waals surface area contributed by atoms with Crippen LogP contribution in [-0.2, 0) is 14.7 Å². The van der Waals surface area contributed by atoms with Gasteiger partial charge in [-0.1, -0.05) is 22.1 Å². The van der Waals surface area contributed by atoms with E-state index in [1.165, 1.54) is 6.08 Å². The summed E-state index contributed by atoms with van der Waals surface area (Å²) in [5.41, 5.74) is 6.28. The van der Waals surface area contributed by atoms with Gasteiger partial charge in [-0.3, -0.25) is 0 Å². The van der Waals surface area contributed by atoms with Crippen LogP contribution in [0.15, 0.2) is 35.8 Å². The van der Waals surface area contributed by atoms with E-state index in [2.05, 4.69) is 4.18 Å². The highest BCUT2D eigenvalue weighted by atomic mass is 32.3. The van der Waals surface area contributed by atoms with Crippen LogP contribution in [0.2, 0.25) is 0 Å². The predicted octanol–water partition coefficient (Wildman–Crippen LogP) is 1.68. The third kappa shape index (κ3) is 5.21. The number of halogens is 1. The van der Waals surface area contributed by atoms with Gasteiger partial charge in [-0.05, 0) is 12.5 Å². The molecule has 6 heteroatoms. The van der Waals surface area contributed by atoms with Gasteiger partial charge >= 0.3 is 10.5 Å². The van der Waals surface area contributed by atoms with Crippen molar-refractivity contribution in [1.29, 1.82) is 0 Å². The van der Waals surface area contributed by atoms with Gasteiger partial charge in [-0.15, -0.1) is 0 Å². The van der Waals surface area contributed by atoms with Crippen molar-refractivity contribution in [2.24, 2.45) is 5.73 Å². The first kappa shape index (κ1) is 11.8. The molecule has 0 fully saturated rings. The fourth-order valence-electron chi connectivity index (χ4n) is 1.12. The molecule has 15 heavy (non-hydrogen) atoms. The maximum Gasteiger partial charge on any atom is 0.488 e. The van der Waals surface area contributed by atoms with Gasteiger partial charge < -0.3 is 9.92 Å². The smallest absolute Gasteiger partial charge is 0.402 e. The molecule has 0 saturated carbocycles. The fourth-order valence-corrected chi connectivity index (χ4v) is 1.51. The highest BCUT2D eigenvalue weighted by Gasteiger charge is 2.10. The maximum absolute atomic E-state index is 12.2. The number of hydrogen-bond acceptors (Lipinski definition) is 4. The Morgan fingerprint density at radius 1 is 1.27 bits per heavy atom. The summed E-state index contributed by atoms with van der Waals surface area (Å²) in [5, 5.41) is 0. The molecular weight excluding hydrogens is 221 g/mol. The number of nitrogens with two attached hydrogens (primary N) is 1. The van der Waals surface area contributed by atoms with Gasteiger partial charge in [0.05, 0.1) is 0 Å². The standard InChI is InChI=1S/C9H12FNO3S/c10-15(12,13)14-9-6-2-1-4-8(11)5-3-7-9/h1-2,5,7H,3-4,6,11H2/b2-1?,8-5+,9-7+. The molecule has 0 radical (unpaired) electrons. The second-order valence-corrected chi connectivity index (χ2v) is 3.99. The van der Waals surface area contributed by atoms with E-state index in [0.29, 0.717) is 18.5 Å². The molecule has 0 aromatic carbocycles. The summed E-state index contributed by atoms with van der Waals surface area (Å²) < 4.78 is 36.9. The van der Waals surface area contributed by atoms with Crippen LogP contribution >= 0.6 is 0 Å². The minimum atomic E-state index is -4.93. The molecule has 0 aliphatic heterocycles. The summed E-state index contributed by atoms with van der Waals surface area (Å²) >= 11 is 0. The van der Waals surface area contributed by atoms with Gasteiger partial charge in [0.1, 0.15) is 5.76 Å². The first-order valence-electron chi connectivity index (χ1n) is 4.40. The Kier molecular flexibility index (Phi) is 3.90. The van der Waals surface area contributed by atoms with Crippen molar-refractivity contribution in [2.45, 2.75) is 19.3 Å². The topological polar surface area (TPSA) is 69.4 Å². The second-order valence-electron chi connectivity index (χ2n) is 3.04. The van der Waals surface area contributed by atoms with Crippen LogP contribution in [0.3, 0.4) is 0 Å². The van der Waals surface area contributed by atoms with Crippen LogP contribution < -0.4 is 5.73 Å². The minimum Gasteiger partial charge on any atom is -0.402 e. The van der Waals surface area contributed by atoms with E-state index in [0.717, 1.165) is 0 Å². The van der Waals surface area contributed by atoms with Crippen molar-refractivity contribution in [3.05, 3.63) is 35.8 Å². The lowest BCUT2D eigenvalue weighted by molar-refractivity contribution is 0.364. The van der Waals surface area contributed by atoms with Gasteiger partial charge in [0, 0.05) is 18.5 Å². The van der Waals surface area contributed by atoms with Crippen LogP contribution in [0, 0.1) is 0 Å². The van der Waals surface area contributed by atoms with Gasteiger partial charge in [0.25, 0.3) is 0 Å². The van der Waals surface area contributed by atoms with Gasteiger partial charge in [0.2, 0.25) is 0 Å². The van der Waals surface area contributed by atoms with E-state index < -0.39 is 10.5 Å². The molecule has 0 amide bonds. The normalized spacial score (nSPS) is 25.1. The summed E-state index contributed by atoms with van der Waals surface area (Å²) in [4.78, 5) is 0. The van der Waals surface area contributed by atoms with Crippen LogP contribution in [0.4, 0.5) is 3.89 Å². The van der Waals surface area contributed by atoms with Gasteiger partial charge in [-0.25, -0.2) is 0 Å². The molecule has 84 valence electrons. The largest absolute Gasteiger partial charge is 0.488 e. The summed E-state index contributed by atoms with van der Waals surface area (Å²) in [6.45, 7) is 0. The van der Waals surface area contributed by atoms with E-state index >= 15 is 0 Å². The Labute approximate surface area is 88.3 Å². The zero-order chi connectivity index (χ0) is 11.3. The molecule has 4 nitrogen and oxygen atoms in total. The summed E-state index contributed by atoms with van der Waals surface area (Å²) in [7, 11) is -4.93. The first-order valence-corrected chi connectivity index (χ1v) is 5.71. The predicted molar refractivity (Wildman–Crippen MR) is 54.5 cm³/mol. The molecule has 0 spiro atoms. The highest BCUT2D eigenvalue weighted by molar-refractivity contribution is 7.81. The van der Waals surface area contributed by atoms with Gasteiger partial charge in [-0.2, -0.15) is 8.42 Å². The van der Waals surface area contributed by atoms with E-state index in [9.17, 15) is 12.3 Å². The second kappa shape index (κ2) is 4.97. The fraction of sp³-hybridized carbons (Fsp3) is 0.333. The quantitative estimate of drug-likeness (QED) is 0.582. The Hall–Kier alpha value is -1.30. The molecule has 0 aromatic rings. The average molecular weight is 233 g/mol. The molecule has 0 saturated heterocycles. The molecule has 1 aliphatic rings. The monoisotopic (exact) mass is 233 g/mol. The zero-order valence-electron chi connectivity index (χ0n) is 8.02. The molecule has 0 bridgehead atoms. The molecule has 0 unspecified atom stereocenters. The van der Waals surface area contributed by atoms with E-state index in [1.807, 2.05) is 0 Å². The first-order chi connectivity index (χ1) is 6.97. The van der Waals surface area contributed by atoms with Crippen LogP contribution in [-0.4, -0.2) is 8.42 Å². The Balaban J connectivity index is 2.76. The van der Waals surface area contributed by atoms with Crippen LogP contribution in [0.5, 0.6) is 0 Å². The van der Waals surface area contributed by atoms with E-state index in [1.54, 1.807) is 18.2 Å². The Bertz CT molecular complexity index is 409. The summed E-state index contributed by atoms with van der Waals surface area (Å²) in [5.74, 6) is 0.0692. The summed E-state index contributed by atoms with van der Waals surface area (Å²) in [6.07, 6.45) is 7.94. The van der Waals surface area contributed by atoms with Crippen LogP contribution in [0.1, 0.15) is 19.3 Å². The lowest BCUT2D eigenvalue weighted by atomic mass is 10.2. The zero-order valence-corrected chi connectivity index (χ0v) is 8.84. The number of rotatable bonds is 2. The number of hydrogen-bond donors (Lipinski definition) is 1. The lowest BCUT2D eigenvalue weighted by Gasteiger charge is -2.01. The summed E-state index contributed by atoms with van der Waals surface area (Å²) in [6, 6.07) is 0. The van der Waals surface area contributed by atoms with Crippen molar-refractivity contribution in [3.63, 3.8) is 0 Å². The Morgan fingerprint density at radius 3 is 2.60 bits per heavy atom. The Morgan fingerprint density at radius 2 is 1.93 bits per heavy atom. The van der Waals surface area contributed by atoms with Crippen molar-refractivity contribution >= 4 is 10.5 Å². The van der Waals surface area contributed by atoms with Crippen LogP contribution in [0.25, 0.3) is 0 Å². The minimum absolute atomic E-state index is 0.0692. The lowest BCUT2D eigenvalue weighted by Crippen LogP contribution is -1.98. The van der Waals surface area contributed by atoms with Gasteiger partial charge in [0.15, 0.2) is 0 Å². The maximum atomic E-state index is 12.2. The number of allylic oxidation sites excluding steroid dienone is 4. The molecule has 1 aliphatic carbocycles. The molecule has 1 rings (SSSR count). The third-order valence-electron chi connectivity index (χ3n) is 1.77. The molecule has 0 heterocycles. The molecule has 0 atom stereocenters. The molecular formula is C9H12FNO3S. The van der Waals surface area contributed by atoms with Crippen molar-refractivity contribution in [1.82, 2.24) is 0 Å². The molecule has 2 N–H and O–H groups in total. The van der Waals surface area contributed by atoms with Crippen molar-refractivity contribution in [3.8, 4) is 0 Å². The molecule has 0 aromatic heterocycles. The van der Waals surface area contributed by atoms with E-state index in [4.69, 9.17) is 5.73 Å². The highest BCUT2D eigenvalue weighted by Crippen LogP contribution is 2.14. The van der Waals surface area contributed by atoms with Crippen molar-refractivity contribution < 1.29 is 16.5 Å². The van der Waals surface area contributed by atoms with E-state index in [-0.39, 0.29) is 12.2 Å².